The number of thioether (sulfide) groups is 1. The standard InChI is InChI=1S/C21H20FN3O5S2/c1-13(19(26)24(2)12-14-4-3-5-16(22)10-14)30-20(27)15-6-7-17-18(11-15)31-21-23-32(28,29)9-8-25(17)21/h3-7,10-11,13H,8-9,12H2,1-2H3/t13-/m1/s1. The molecule has 32 heavy (non-hydrogen) atoms. The largest absolute Gasteiger partial charge is 0.449 e. The topological polar surface area (TPSA) is 96.3 Å². The number of ether oxygens (including phenoxy) is 1. The zero-order valence-corrected chi connectivity index (χ0v) is 19.0. The van der Waals surface area contributed by atoms with Gasteiger partial charge in [-0.05, 0) is 54.6 Å². The van der Waals surface area contributed by atoms with Crippen LogP contribution in [0.1, 0.15) is 22.8 Å². The molecule has 2 aliphatic heterocycles. The predicted molar refractivity (Wildman–Crippen MR) is 119 cm³/mol. The first kappa shape index (κ1) is 22.3. The zero-order valence-electron chi connectivity index (χ0n) is 17.3. The molecule has 4 rings (SSSR count). The quantitative estimate of drug-likeness (QED) is 0.611. The van der Waals surface area contributed by atoms with E-state index in [9.17, 15) is 22.4 Å². The minimum absolute atomic E-state index is 0.0664. The molecule has 168 valence electrons. The van der Waals surface area contributed by atoms with Crippen LogP contribution in [0.2, 0.25) is 0 Å². The highest BCUT2D eigenvalue weighted by Crippen LogP contribution is 2.42. The molecular weight excluding hydrogens is 457 g/mol. The Labute approximate surface area is 189 Å². The van der Waals surface area contributed by atoms with Gasteiger partial charge in [0.25, 0.3) is 15.9 Å². The molecule has 0 bridgehead atoms. The van der Waals surface area contributed by atoms with Gasteiger partial charge < -0.3 is 14.5 Å². The lowest BCUT2D eigenvalue weighted by Gasteiger charge is -2.22. The SMILES string of the molecule is C[C@@H](OC(=O)c1ccc2c(c1)SC1=NS(=O)(=O)CCN12)C(=O)N(C)Cc1cccc(F)c1. The lowest BCUT2D eigenvalue weighted by Crippen LogP contribution is -2.37. The minimum Gasteiger partial charge on any atom is -0.449 e. The summed E-state index contributed by atoms with van der Waals surface area (Å²) in [6, 6.07) is 10.8. The summed E-state index contributed by atoms with van der Waals surface area (Å²) in [5.74, 6) is -1.55. The van der Waals surface area contributed by atoms with Crippen molar-refractivity contribution >= 4 is 44.5 Å². The van der Waals surface area contributed by atoms with Gasteiger partial charge in [-0.15, -0.1) is 4.40 Å². The van der Waals surface area contributed by atoms with Gasteiger partial charge in [0.15, 0.2) is 11.3 Å². The molecule has 8 nitrogen and oxygen atoms in total. The highest BCUT2D eigenvalue weighted by molar-refractivity contribution is 8.15. The molecule has 0 N–H and O–H groups in total. The van der Waals surface area contributed by atoms with Gasteiger partial charge in [-0.25, -0.2) is 17.6 Å². The fourth-order valence-electron chi connectivity index (χ4n) is 3.43. The number of hydrogen-bond acceptors (Lipinski definition) is 7. The van der Waals surface area contributed by atoms with Gasteiger partial charge in [0.1, 0.15) is 5.82 Å². The third-order valence-electron chi connectivity index (χ3n) is 5.03. The number of sulfonamides is 1. The number of amidine groups is 1. The second-order valence-corrected chi connectivity index (χ2v) is 10.2. The van der Waals surface area contributed by atoms with Crippen LogP contribution in [-0.2, 0) is 26.1 Å². The molecule has 2 aliphatic rings. The lowest BCUT2D eigenvalue weighted by atomic mass is 10.2. The number of nitrogens with zero attached hydrogens (tertiary/aromatic N) is 3. The first-order valence-corrected chi connectivity index (χ1v) is 12.2. The number of halogens is 1. The van der Waals surface area contributed by atoms with Gasteiger partial charge in [-0.1, -0.05) is 12.1 Å². The van der Waals surface area contributed by atoms with Gasteiger partial charge in [-0.3, -0.25) is 4.79 Å². The van der Waals surface area contributed by atoms with Gasteiger partial charge in [0, 0.05) is 25.0 Å². The molecule has 0 saturated heterocycles. The van der Waals surface area contributed by atoms with Crippen LogP contribution in [-0.4, -0.2) is 55.8 Å². The lowest BCUT2D eigenvalue weighted by molar-refractivity contribution is -0.139. The van der Waals surface area contributed by atoms with Crippen LogP contribution in [0.4, 0.5) is 10.1 Å². The van der Waals surface area contributed by atoms with E-state index >= 15 is 0 Å². The zero-order chi connectivity index (χ0) is 23.0. The third-order valence-corrected chi connectivity index (χ3v) is 7.33. The van der Waals surface area contributed by atoms with Gasteiger partial charge in [0.05, 0.1) is 17.0 Å². The normalized spacial score (nSPS) is 17.1. The molecule has 0 saturated carbocycles. The molecule has 0 aromatic heterocycles. The van der Waals surface area contributed by atoms with Crippen LogP contribution in [0.25, 0.3) is 0 Å². The summed E-state index contributed by atoms with van der Waals surface area (Å²) >= 11 is 1.17. The van der Waals surface area contributed by atoms with Gasteiger partial charge in [0.2, 0.25) is 0 Å². The third kappa shape index (κ3) is 4.63. The summed E-state index contributed by atoms with van der Waals surface area (Å²) in [6.07, 6.45) is -1.04. The molecule has 0 aliphatic carbocycles. The summed E-state index contributed by atoms with van der Waals surface area (Å²) in [6.45, 7) is 1.95. The highest BCUT2D eigenvalue weighted by Gasteiger charge is 2.34. The second-order valence-electron chi connectivity index (χ2n) is 7.47. The summed E-state index contributed by atoms with van der Waals surface area (Å²) in [7, 11) is -1.92. The molecule has 2 heterocycles. The van der Waals surface area contributed by atoms with Crippen molar-refractivity contribution in [2.24, 2.45) is 4.40 Å². The number of esters is 1. The van der Waals surface area contributed by atoms with E-state index in [2.05, 4.69) is 4.40 Å². The summed E-state index contributed by atoms with van der Waals surface area (Å²) in [5.41, 5.74) is 1.64. The van der Waals surface area contributed by atoms with E-state index < -0.39 is 33.8 Å². The molecular formula is C21H20FN3O5S2. The Bertz CT molecular complexity index is 1230. The van der Waals surface area contributed by atoms with Crippen molar-refractivity contribution in [1.29, 1.82) is 0 Å². The predicted octanol–water partition coefficient (Wildman–Crippen LogP) is 2.64. The van der Waals surface area contributed by atoms with Crippen molar-refractivity contribution in [2.75, 3.05) is 24.2 Å². The number of carbonyl (C=O) groups excluding carboxylic acids is 2. The summed E-state index contributed by atoms with van der Waals surface area (Å²) in [5, 5.41) is 0.360. The fourth-order valence-corrected chi connectivity index (χ4v) is 5.73. The van der Waals surface area contributed by atoms with Crippen LogP contribution in [0.5, 0.6) is 0 Å². The van der Waals surface area contributed by atoms with Crippen molar-refractivity contribution in [1.82, 2.24) is 4.90 Å². The molecule has 11 heteroatoms. The highest BCUT2D eigenvalue weighted by atomic mass is 32.2. The number of anilines is 1. The number of likely N-dealkylation sites (N-methyl/N-ethyl adjacent to an activating group) is 1. The summed E-state index contributed by atoms with van der Waals surface area (Å²) in [4.78, 5) is 29.1. The van der Waals surface area contributed by atoms with Crippen molar-refractivity contribution in [2.45, 2.75) is 24.5 Å². The Balaban J connectivity index is 1.42. The van der Waals surface area contributed by atoms with E-state index in [1.54, 1.807) is 42.3 Å². The van der Waals surface area contributed by atoms with Crippen LogP contribution < -0.4 is 4.90 Å². The number of fused-ring (bicyclic) bond motifs is 3. The number of benzene rings is 2. The average Bonchev–Trinajstić information content (AvgIpc) is 3.08. The van der Waals surface area contributed by atoms with E-state index in [0.29, 0.717) is 22.2 Å². The Morgan fingerprint density at radius 2 is 2.06 bits per heavy atom. The number of rotatable bonds is 5. The number of amides is 1. The van der Waals surface area contributed by atoms with E-state index in [-0.39, 0.29) is 17.9 Å². The molecule has 0 radical (unpaired) electrons. The Morgan fingerprint density at radius 3 is 2.81 bits per heavy atom. The van der Waals surface area contributed by atoms with E-state index in [0.717, 1.165) is 5.69 Å². The van der Waals surface area contributed by atoms with Crippen LogP contribution in [0.15, 0.2) is 51.8 Å². The Hall–Kier alpha value is -2.92. The number of hydrogen-bond donors (Lipinski definition) is 0. The average molecular weight is 478 g/mol. The molecule has 2 aromatic carbocycles. The molecule has 0 unspecified atom stereocenters. The van der Waals surface area contributed by atoms with Crippen molar-refractivity contribution in [3.63, 3.8) is 0 Å². The molecule has 1 amide bonds. The van der Waals surface area contributed by atoms with Crippen LogP contribution in [0.3, 0.4) is 0 Å². The summed E-state index contributed by atoms with van der Waals surface area (Å²) < 4.78 is 45.9. The molecule has 2 aromatic rings. The van der Waals surface area contributed by atoms with Gasteiger partial charge >= 0.3 is 5.97 Å². The van der Waals surface area contributed by atoms with E-state index in [4.69, 9.17) is 4.74 Å². The van der Waals surface area contributed by atoms with Crippen molar-refractivity contribution in [3.8, 4) is 0 Å². The van der Waals surface area contributed by atoms with Crippen LogP contribution >= 0.6 is 11.8 Å². The van der Waals surface area contributed by atoms with E-state index in [1.807, 2.05) is 0 Å². The smallest absolute Gasteiger partial charge is 0.338 e. The Morgan fingerprint density at radius 1 is 1.28 bits per heavy atom. The van der Waals surface area contributed by atoms with Gasteiger partial charge in [-0.2, -0.15) is 0 Å². The maximum Gasteiger partial charge on any atom is 0.338 e. The Kier molecular flexibility index (Phi) is 5.95. The first-order chi connectivity index (χ1) is 15.1. The van der Waals surface area contributed by atoms with Crippen LogP contribution in [0, 0.1) is 5.82 Å². The molecule has 1 atom stereocenters. The maximum absolute atomic E-state index is 13.4. The molecule has 0 spiro atoms. The van der Waals surface area contributed by atoms with Crippen molar-refractivity contribution in [3.05, 3.63) is 59.4 Å². The maximum atomic E-state index is 13.4. The van der Waals surface area contributed by atoms with Crippen molar-refractivity contribution < 1.29 is 27.1 Å². The molecule has 0 fully saturated rings. The monoisotopic (exact) mass is 477 g/mol. The number of carbonyl (C=O) groups is 2. The van der Waals surface area contributed by atoms with E-state index in [1.165, 1.54) is 35.7 Å². The first-order valence-electron chi connectivity index (χ1n) is 9.75. The minimum atomic E-state index is -3.47. The second kappa shape index (κ2) is 8.55. The fraction of sp³-hybridized carbons (Fsp3) is 0.286.